The minimum atomic E-state index is -0.00468. The number of ether oxygens (including phenoxy) is 2. The lowest BCUT2D eigenvalue weighted by Crippen LogP contribution is -1.99. The molecule has 0 saturated carbocycles. The molecule has 1 atom stereocenters. The zero-order valence-corrected chi connectivity index (χ0v) is 10.2. The van der Waals surface area contributed by atoms with Gasteiger partial charge >= 0.3 is 0 Å². The number of carbonyl (C=O) groups excluding carboxylic acids is 1. The predicted molar refractivity (Wildman–Crippen MR) is 65.4 cm³/mol. The molecule has 0 aliphatic carbocycles. The SMILES string of the molecule is COCCCOCC/C=C\C=C/C(C)C=O. The first-order valence-electron chi connectivity index (χ1n) is 5.66. The molecule has 0 saturated heterocycles. The largest absolute Gasteiger partial charge is 0.385 e. The lowest BCUT2D eigenvalue weighted by molar-refractivity contribution is -0.109. The van der Waals surface area contributed by atoms with Crippen molar-refractivity contribution in [3.05, 3.63) is 24.3 Å². The van der Waals surface area contributed by atoms with Crippen LogP contribution in [0.5, 0.6) is 0 Å². The molecule has 1 unspecified atom stereocenters. The van der Waals surface area contributed by atoms with Crippen molar-refractivity contribution in [1.29, 1.82) is 0 Å². The van der Waals surface area contributed by atoms with Crippen molar-refractivity contribution in [2.75, 3.05) is 26.9 Å². The summed E-state index contributed by atoms with van der Waals surface area (Å²) >= 11 is 0. The quantitative estimate of drug-likeness (QED) is 0.326. The third kappa shape index (κ3) is 11.1. The topological polar surface area (TPSA) is 35.5 Å². The average molecular weight is 226 g/mol. The van der Waals surface area contributed by atoms with E-state index in [1.807, 2.05) is 31.2 Å². The second-order valence-electron chi connectivity index (χ2n) is 3.56. The van der Waals surface area contributed by atoms with Crippen LogP contribution in [0.15, 0.2) is 24.3 Å². The molecule has 0 bridgehead atoms. The van der Waals surface area contributed by atoms with E-state index in [1.165, 1.54) is 0 Å². The maximum absolute atomic E-state index is 10.3. The van der Waals surface area contributed by atoms with E-state index in [2.05, 4.69) is 0 Å². The molecule has 0 aromatic rings. The van der Waals surface area contributed by atoms with Gasteiger partial charge in [-0.25, -0.2) is 0 Å². The molecule has 0 amide bonds. The molecule has 0 aromatic heterocycles. The van der Waals surface area contributed by atoms with E-state index in [4.69, 9.17) is 9.47 Å². The molecule has 0 aliphatic heterocycles. The normalized spacial score (nSPS) is 13.6. The number of carbonyl (C=O) groups is 1. The Morgan fingerprint density at radius 3 is 2.69 bits per heavy atom. The first-order chi connectivity index (χ1) is 7.81. The van der Waals surface area contributed by atoms with Gasteiger partial charge in [-0.05, 0) is 12.8 Å². The Kier molecular flexibility index (Phi) is 11.4. The molecule has 92 valence electrons. The van der Waals surface area contributed by atoms with Gasteiger partial charge in [0.15, 0.2) is 0 Å². The van der Waals surface area contributed by atoms with Crippen LogP contribution in [0.2, 0.25) is 0 Å². The predicted octanol–water partition coefficient (Wildman–Crippen LogP) is 2.38. The van der Waals surface area contributed by atoms with Gasteiger partial charge in [-0.15, -0.1) is 0 Å². The Morgan fingerprint density at radius 2 is 2.00 bits per heavy atom. The van der Waals surface area contributed by atoms with E-state index >= 15 is 0 Å². The summed E-state index contributed by atoms with van der Waals surface area (Å²) in [5, 5.41) is 0. The van der Waals surface area contributed by atoms with Crippen LogP contribution in [0, 0.1) is 5.92 Å². The summed E-state index contributed by atoms with van der Waals surface area (Å²) < 4.78 is 10.3. The molecular weight excluding hydrogens is 204 g/mol. The van der Waals surface area contributed by atoms with Gasteiger partial charge < -0.3 is 14.3 Å². The Bertz CT molecular complexity index is 209. The van der Waals surface area contributed by atoms with Crippen molar-refractivity contribution >= 4 is 6.29 Å². The molecule has 3 nitrogen and oxygen atoms in total. The summed E-state index contributed by atoms with van der Waals surface area (Å²) in [7, 11) is 1.69. The van der Waals surface area contributed by atoms with Gasteiger partial charge in [-0.3, -0.25) is 0 Å². The number of hydrogen-bond acceptors (Lipinski definition) is 3. The number of aldehydes is 1. The fourth-order valence-electron chi connectivity index (χ4n) is 1.02. The van der Waals surface area contributed by atoms with Gasteiger partial charge in [0.05, 0.1) is 6.61 Å². The molecule has 0 heterocycles. The molecule has 0 radical (unpaired) electrons. The molecular formula is C13H22O3. The van der Waals surface area contributed by atoms with E-state index in [9.17, 15) is 4.79 Å². The summed E-state index contributed by atoms with van der Waals surface area (Å²) in [6.07, 6.45) is 10.5. The van der Waals surface area contributed by atoms with Crippen molar-refractivity contribution in [3.63, 3.8) is 0 Å². The standard InChI is InChI=1S/C13H22O3/c1-13(12-14)8-5-3-4-6-10-16-11-7-9-15-2/h3-5,8,12-13H,6-7,9-11H2,1-2H3/b4-3-,8-5-. The zero-order valence-electron chi connectivity index (χ0n) is 10.2. The Balaban J connectivity index is 3.27. The van der Waals surface area contributed by atoms with Gasteiger partial charge in [0.1, 0.15) is 6.29 Å². The van der Waals surface area contributed by atoms with Gasteiger partial charge in [0.2, 0.25) is 0 Å². The van der Waals surface area contributed by atoms with Crippen molar-refractivity contribution in [3.8, 4) is 0 Å². The monoisotopic (exact) mass is 226 g/mol. The Hall–Kier alpha value is -0.930. The van der Waals surface area contributed by atoms with Crippen LogP contribution >= 0.6 is 0 Å². The third-order valence-corrected chi connectivity index (χ3v) is 1.94. The summed E-state index contributed by atoms with van der Waals surface area (Å²) in [6, 6.07) is 0. The molecule has 3 heteroatoms. The molecule has 0 spiro atoms. The maximum atomic E-state index is 10.3. The molecule has 0 aliphatic rings. The van der Waals surface area contributed by atoms with Crippen LogP contribution in [0.4, 0.5) is 0 Å². The fourth-order valence-corrected chi connectivity index (χ4v) is 1.02. The number of rotatable bonds is 10. The van der Waals surface area contributed by atoms with Gasteiger partial charge in [0.25, 0.3) is 0 Å². The minimum Gasteiger partial charge on any atom is -0.385 e. The van der Waals surface area contributed by atoms with Crippen molar-refractivity contribution in [1.82, 2.24) is 0 Å². The highest BCUT2D eigenvalue weighted by atomic mass is 16.5. The second kappa shape index (κ2) is 12.1. The smallest absolute Gasteiger partial charge is 0.126 e. The lowest BCUT2D eigenvalue weighted by Gasteiger charge is -2.00. The molecule has 0 fully saturated rings. The first kappa shape index (κ1) is 15.1. The summed E-state index contributed by atoms with van der Waals surface area (Å²) in [5.74, 6) is -0.00468. The van der Waals surface area contributed by atoms with Crippen LogP contribution in [0.3, 0.4) is 0 Å². The minimum absolute atomic E-state index is 0.00468. The highest BCUT2D eigenvalue weighted by Crippen LogP contribution is 1.93. The fraction of sp³-hybridized carbons (Fsp3) is 0.615. The van der Waals surface area contributed by atoms with Gasteiger partial charge in [-0.2, -0.15) is 0 Å². The van der Waals surface area contributed by atoms with Crippen molar-refractivity contribution in [2.24, 2.45) is 5.92 Å². The van der Waals surface area contributed by atoms with E-state index in [-0.39, 0.29) is 5.92 Å². The Labute approximate surface area is 98.1 Å². The van der Waals surface area contributed by atoms with E-state index in [1.54, 1.807) is 7.11 Å². The molecule has 0 N–H and O–H groups in total. The molecule has 0 rings (SSSR count). The van der Waals surface area contributed by atoms with Crippen LogP contribution < -0.4 is 0 Å². The van der Waals surface area contributed by atoms with Gasteiger partial charge in [-0.1, -0.05) is 31.2 Å². The summed E-state index contributed by atoms with van der Waals surface area (Å²) in [5.41, 5.74) is 0. The third-order valence-electron chi connectivity index (χ3n) is 1.94. The highest BCUT2D eigenvalue weighted by Gasteiger charge is 1.88. The Morgan fingerprint density at radius 1 is 1.19 bits per heavy atom. The van der Waals surface area contributed by atoms with E-state index < -0.39 is 0 Å². The number of allylic oxidation sites excluding steroid dienone is 3. The number of hydrogen-bond donors (Lipinski definition) is 0. The summed E-state index contributed by atoms with van der Waals surface area (Å²) in [4.78, 5) is 10.3. The zero-order chi connectivity index (χ0) is 12.1. The average Bonchev–Trinajstić information content (AvgIpc) is 2.31. The van der Waals surface area contributed by atoms with Crippen LogP contribution in [-0.2, 0) is 14.3 Å². The van der Waals surface area contributed by atoms with E-state index in [0.29, 0.717) is 0 Å². The first-order valence-corrected chi connectivity index (χ1v) is 5.66. The second-order valence-corrected chi connectivity index (χ2v) is 3.56. The van der Waals surface area contributed by atoms with Crippen molar-refractivity contribution < 1.29 is 14.3 Å². The van der Waals surface area contributed by atoms with Crippen LogP contribution in [0.1, 0.15) is 19.8 Å². The van der Waals surface area contributed by atoms with Crippen LogP contribution in [-0.4, -0.2) is 33.2 Å². The summed E-state index contributed by atoms with van der Waals surface area (Å²) in [6.45, 7) is 4.09. The number of methoxy groups -OCH3 is 1. The van der Waals surface area contributed by atoms with Crippen molar-refractivity contribution in [2.45, 2.75) is 19.8 Å². The van der Waals surface area contributed by atoms with Gasteiger partial charge in [0, 0.05) is 26.2 Å². The highest BCUT2D eigenvalue weighted by molar-refractivity contribution is 5.55. The maximum Gasteiger partial charge on any atom is 0.126 e. The molecule has 16 heavy (non-hydrogen) atoms. The lowest BCUT2D eigenvalue weighted by atomic mass is 10.2. The van der Waals surface area contributed by atoms with Crippen LogP contribution in [0.25, 0.3) is 0 Å². The van der Waals surface area contributed by atoms with E-state index in [0.717, 1.165) is 38.9 Å². The molecule has 0 aromatic carbocycles.